The van der Waals surface area contributed by atoms with Crippen LogP contribution in [0.1, 0.15) is 32.8 Å². The van der Waals surface area contributed by atoms with Crippen molar-refractivity contribution < 1.29 is 38.6 Å². The number of hydrogen-bond donors (Lipinski definition) is 4. The van der Waals surface area contributed by atoms with Gasteiger partial charge in [-0.2, -0.15) is 0 Å². The number of methoxy groups -OCH3 is 1. The Morgan fingerprint density at radius 1 is 1.27 bits per heavy atom. The zero-order valence-corrected chi connectivity index (χ0v) is 20.2. The summed E-state index contributed by atoms with van der Waals surface area (Å²) in [6.45, 7) is 2.02. The van der Waals surface area contributed by atoms with Crippen LogP contribution < -0.4 is 42.3 Å². The van der Waals surface area contributed by atoms with Crippen LogP contribution in [0.4, 0.5) is 21.5 Å². The summed E-state index contributed by atoms with van der Waals surface area (Å²) in [5, 5.41) is 9.76. The van der Waals surface area contributed by atoms with Crippen molar-refractivity contribution >= 4 is 23.0 Å². The average molecular weight is 564 g/mol. The van der Waals surface area contributed by atoms with E-state index in [1.54, 1.807) is 24.5 Å². The molecule has 8 nitrogen and oxygen atoms in total. The number of ether oxygens (including phenoxy) is 1. The SMILES string of the molecule is COc1c(F)cccc1Nc1c2[nH]c3c1C(=O)NCC3[I-]OCCCCNc1cnccc1-2. The van der Waals surface area contributed by atoms with Gasteiger partial charge in [-0.05, 0) is 0 Å². The van der Waals surface area contributed by atoms with Crippen molar-refractivity contribution in [3.63, 3.8) is 0 Å². The van der Waals surface area contributed by atoms with E-state index in [9.17, 15) is 9.18 Å². The van der Waals surface area contributed by atoms with Gasteiger partial charge in [0.25, 0.3) is 0 Å². The van der Waals surface area contributed by atoms with E-state index < -0.39 is 27.4 Å². The molecule has 2 aliphatic rings. The fraction of sp³-hybridized carbons (Fsp3) is 0.304. The fourth-order valence-electron chi connectivity index (χ4n) is 4.09. The van der Waals surface area contributed by atoms with E-state index in [4.69, 9.17) is 7.80 Å². The van der Waals surface area contributed by atoms with Gasteiger partial charge in [0.1, 0.15) is 0 Å². The number of hydrogen-bond acceptors (Lipinski definition) is 6. The molecule has 4 N–H and O–H groups in total. The van der Waals surface area contributed by atoms with Crippen LogP contribution in [0.2, 0.25) is 0 Å². The molecular weight excluding hydrogens is 540 g/mol. The van der Waals surface area contributed by atoms with E-state index in [2.05, 4.69) is 25.9 Å². The minimum atomic E-state index is -0.642. The number of nitrogens with zero attached hydrogens (tertiary/aromatic N) is 1. The van der Waals surface area contributed by atoms with Gasteiger partial charge >= 0.3 is 202 Å². The van der Waals surface area contributed by atoms with Crippen molar-refractivity contribution in [2.24, 2.45) is 0 Å². The zero-order chi connectivity index (χ0) is 22.8. The average Bonchev–Trinajstić information content (AvgIpc) is 3.20. The number of alkyl halides is 1. The quantitative estimate of drug-likeness (QED) is 0.280. The molecular formula is C23H24FIN5O3-. The van der Waals surface area contributed by atoms with Gasteiger partial charge in [-0.15, -0.1) is 0 Å². The van der Waals surface area contributed by atoms with Crippen molar-refractivity contribution in [2.75, 3.05) is 37.4 Å². The van der Waals surface area contributed by atoms with Crippen LogP contribution in [0.15, 0.2) is 36.7 Å². The molecule has 10 heteroatoms. The number of fused-ring (bicyclic) bond motifs is 3. The number of aromatic amines is 1. The molecule has 0 saturated heterocycles. The molecule has 2 aliphatic heterocycles. The number of rotatable bonds is 3. The van der Waals surface area contributed by atoms with Gasteiger partial charge in [-0.3, -0.25) is 0 Å². The van der Waals surface area contributed by atoms with E-state index in [-0.39, 0.29) is 15.6 Å². The van der Waals surface area contributed by atoms with Crippen molar-refractivity contribution in [3.8, 4) is 17.0 Å². The number of nitrogens with one attached hydrogen (secondary N) is 4. The van der Waals surface area contributed by atoms with E-state index >= 15 is 0 Å². The van der Waals surface area contributed by atoms with Crippen LogP contribution >= 0.6 is 0 Å². The molecule has 1 amide bonds. The topological polar surface area (TPSA) is 100 Å². The van der Waals surface area contributed by atoms with E-state index in [1.165, 1.54) is 13.2 Å². The van der Waals surface area contributed by atoms with Crippen LogP contribution in [-0.2, 0) is 3.07 Å². The molecule has 0 saturated carbocycles. The fourth-order valence-corrected chi connectivity index (χ4v) is 6.21. The Labute approximate surface area is 201 Å². The Morgan fingerprint density at radius 2 is 2.18 bits per heavy atom. The second-order valence-corrected chi connectivity index (χ2v) is 10.4. The first kappa shape index (κ1) is 22.0. The molecule has 33 heavy (non-hydrogen) atoms. The molecule has 2 bridgehead atoms. The van der Waals surface area contributed by atoms with E-state index in [1.807, 2.05) is 6.07 Å². The summed E-state index contributed by atoms with van der Waals surface area (Å²) >= 11 is -0.642. The molecule has 1 atom stereocenters. The normalized spacial score (nSPS) is 18.2. The van der Waals surface area contributed by atoms with Crippen molar-refractivity contribution in [1.82, 2.24) is 15.3 Å². The second kappa shape index (κ2) is 9.56. The van der Waals surface area contributed by atoms with Gasteiger partial charge in [0.2, 0.25) is 0 Å². The molecule has 174 valence electrons. The Balaban J connectivity index is 1.71. The van der Waals surface area contributed by atoms with Gasteiger partial charge in [-0.1, -0.05) is 0 Å². The maximum absolute atomic E-state index is 14.4. The van der Waals surface area contributed by atoms with Crippen LogP contribution in [0.25, 0.3) is 11.3 Å². The predicted octanol–water partition coefficient (Wildman–Crippen LogP) is 0.979. The number of amides is 1. The monoisotopic (exact) mass is 564 g/mol. The summed E-state index contributed by atoms with van der Waals surface area (Å²) in [6, 6.07) is 6.58. The summed E-state index contributed by atoms with van der Waals surface area (Å²) in [4.78, 5) is 20.9. The summed E-state index contributed by atoms with van der Waals surface area (Å²) in [7, 11) is 1.42. The number of benzene rings is 1. The number of carbonyl (C=O) groups excluding carboxylic acids is 1. The molecule has 5 rings (SSSR count). The third-order valence-electron chi connectivity index (χ3n) is 5.67. The Hall–Kier alpha value is -2.86. The molecule has 1 unspecified atom stereocenters. The number of para-hydroxylation sites is 1. The summed E-state index contributed by atoms with van der Waals surface area (Å²) in [5.41, 5.74) is 4.86. The van der Waals surface area contributed by atoms with Gasteiger partial charge in [-0.25, -0.2) is 0 Å². The van der Waals surface area contributed by atoms with Crippen molar-refractivity contribution in [2.45, 2.75) is 16.8 Å². The van der Waals surface area contributed by atoms with Crippen LogP contribution in [0.3, 0.4) is 0 Å². The molecule has 3 aromatic rings. The van der Waals surface area contributed by atoms with E-state index in [0.29, 0.717) is 30.1 Å². The summed E-state index contributed by atoms with van der Waals surface area (Å²) in [6.07, 6.45) is 5.45. The minimum absolute atomic E-state index is 0.0826. The first-order valence-electron chi connectivity index (χ1n) is 10.7. The molecule has 0 radical (unpaired) electrons. The number of halogens is 2. The van der Waals surface area contributed by atoms with Crippen LogP contribution in [0.5, 0.6) is 5.75 Å². The molecule has 1 aromatic carbocycles. The Morgan fingerprint density at radius 3 is 3.06 bits per heavy atom. The third kappa shape index (κ3) is 4.24. The van der Waals surface area contributed by atoms with Gasteiger partial charge in [0.05, 0.1) is 0 Å². The molecule has 0 spiro atoms. The molecule has 0 fully saturated rings. The van der Waals surface area contributed by atoms with Crippen molar-refractivity contribution in [1.29, 1.82) is 0 Å². The first-order chi connectivity index (χ1) is 16.2. The maximum atomic E-state index is 14.4. The summed E-state index contributed by atoms with van der Waals surface area (Å²) < 4.78 is 25.8. The number of aromatic nitrogens is 2. The Kier molecular flexibility index (Phi) is 6.36. The third-order valence-corrected chi connectivity index (χ3v) is 8.14. The molecule has 0 aliphatic carbocycles. The second-order valence-electron chi connectivity index (χ2n) is 7.74. The first-order valence-corrected chi connectivity index (χ1v) is 12.9. The van der Waals surface area contributed by atoms with Gasteiger partial charge < -0.3 is 0 Å². The number of anilines is 3. The summed E-state index contributed by atoms with van der Waals surface area (Å²) in [5.74, 6) is -0.575. The Bertz CT molecular complexity index is 1180. The number of carbonyl (C=O) groups is 1. The van der Waals surface area contributed by atoms with Gasteiger partial charge in [0.15, 0.2) is 0 Å². The van der Waals surface area contributed by atoms with Crippen LogP contribution in [-0.4, -0.2) is 42.7 Å². The van der Waals surface area contributed by atoms with Crippen molar-refractivity contribution in [3.05, 3.63) is 53.7 Å². The zero-order valence-electron chi connectivity index (χ0n) is 18.0. The van der Waals surface area contributed by atoms with E-state index in [0.717, 1.165) is 42.0 Å². The molecule has 4 heterocycles. The number of pyridine rings is 1. The number of H-pyrrole nitrogens is 1. The molecule has 2 aromatic heterocycles. The van der Waals surface area contributed by atoms with Gasteiger partial charge in [0, 0.05) is 0 Å². The predicted molar refractivity (Wildman–Crippen MR) is 119 cm³/mol. The standard InChI is InChI=1S/C23H24FIN5O3/c1-32-22-14(24)5-4-6-16(22)29-21-18-20-15(11-28-23(18)31)25-33-10-3-2-8-27-17-12-26-9-7-13(17)19(21)30-20/h4-7,9,12,15,27,29-30H,2-3,8,10-11H2,1H3,(H,28,31)/q-1. The van der Waals surface area contributed by atoms with Crippen LogP contribution in [0, 0.1) is 5.82 Å².